The molecule has 3 aromatic rings. The van der Waals surface area contributed by atoms with Crippen molar-refractivity contribution in [2.24, 2.45) is 0 Å². The summed E-state index contributed by atoms with van der Waals surface area (Å²) in [5.74, 6) is -0.392. The van der Waals surface area contributed by atoms with Crippen LogP contribution in [0, 0.1) is 13.8 Å². The van der Waals surface area contributed by atoms with Crippen molar-refractivity contribution < 1.29 is 39.4 Å². The Balaban J connectivity index is 1.85. The number of aliphatic hydroxyl groups is 4. The molecule has 1 aliphatic heterocycles. The van der Waals surface area contributed by atoms with Crippen molar-refractivity contribution in [3.63, 3.8) is 0 Å². The largest absolute Gasteiger partial charge is 0.508 e. The van der Waals surface area contributed by atoms with E-state index in [-0.39, 0.29) is 22.5 Å². The average molecular weight is 418 g/mol. The molecule has 0 unspecified atom stereocenters. The Morgan fingerprint density at radius 3 is 2.37 bits per heavy atom. The molecule has 0 saturated carbocycles. The number of phenols is 1. The monoisotopic (exact) mass is 418 g/mol. The SMILES string of the molecule is Cc1cc2oc3cc(O)cc(O[C@H]4O[C@H](CO)[C@@H](O)[C@H](O)[C@H]4O)c3c(=O)c2cc1C. The van der Waals surface area contributed by atoms with Gasteiger partial charge in [0.1, 0.15) is 52.5 Å². The van der Waals surface area contributed by atoms with E-state index in [0.29, 0.717) is 11.0 Å². The number of fused-ring (bicyclic) bond motifs is 2. The predicted octanol–water partition coefficient (Wildman–Crippen LogP) is 0.447. The molecular weight excluding hydrogens is 396 g/mol. The van der Waals surface area contributed by atoms with Gasteiger partial charge in [-0.25, -0.2) is 0 Å². The lowest BCUT2D eigenvalue weighted by molar-refractivity contribution is -0.277. The molecule has 1 saturated heterocycles. The number of aromatic hydroxyl groups is 1. The minimum absolute atomic E-state index is 0.0144. The molecule has 0 bridgehead atoms. The van der Waals surface area contributed by atoms with Gasteiger partial charge in [-0.15, -0.1) is 0 Å². The first-order chi connectivity index (χ1) is 14.2. The maximum atomic E-state index is 13.2. The highest BCUT2D eigenvalue weighted by atomic mass is 16.7. The minimum Gasteiger partial charge on any atom is -0.508 e. The highest BCUT2D eigenvalue weighted by Crippen LogP contribution is 2.34. The highest BCUT2D eigenvalue weighted by molar-refractivity contribution is 5.94. The van der Waals surface area contributed by atoms with Crippen LogP contribution in [0.5, 0.6) is 11.5 Å². The van der Waals surface area contributed by atoms with Crippen molar-refractivity contribution in [2.45, 2.75) is 44.6 Å². The zero-order chi connectivity index (χ0) is 21.7. The molecule has 2 heterocycles. The molecule has 0 radical (unpaired) electrons. The Hall–Kier alpha value is -2.69. The van der Waals surface area contributed by atoms with Gasteiger partial charge in [-0.3, -0.25) is 4.79 Å². The van der Waals surface area contributed by atoms with Crippen LogP contribution >= 0.6 is 0 Å². The first kappa shape index (κ1) is 20.6. The summed E-state index contributed by atoms with van der Waals surface area (Å²) in [5, 5.41) is 49.9. The Morgan fingerprint density at radius 2 is 1.67 bits per heavy atom. The van der Waals surface area contributed by atoms with E-state index in [2.05, 4.69) is 0 Å². The van der Waals surface area contributed by atoms with Crippen molar-refractivity contribution in [1.29, 1.82) is 0 Å². The summed E-state index contributed by atoms with van der Waals surface area (Å²) in [5.41, 5.74) is 1.83. The Kier molecular flexibility index (Phi) is 5.16. The molecule has 2 aromatic carbocycles. The van der Waals surface area contributed by atoms with Crippen LogP contribution in [0.4, 0.5) is 0 Å². The molecule has 9 nitrogen and oxygen atoms in total. The van der Waals surface area contributed by atoms with Crippen molar-refractivity contribution >= 4 is 21.9 Å². The van der Waals surface area contributed by atoms with Crippen LogP contribution in [-0.2, 0) is 4.74 Å². The van der Waals surface area contributed by atoms with Gasteiger partial charge in [-0.1, -0.05) is 0 Å². The molecule has 5 atom stereocenters. The number of hydrogen-bond donors (Lipinski definition) is 5. The highest BCUT2D eigenvalue weighted by Gasteiger charge is 2.45. The van der Waals surface area contributed by atoms with Gasteiger partial charge in [0.05, 0.1) is 12.0 Å². The summed E-state index contributed by atoms with van der Waals surface area (Å²) in [6.07, 6.45) is -7.56. The molecule has 0 spiro atoms. The molecule has 0 amide bonds. The van der Waals surface area contributed by atoms with Gasteiger partial charge in [0, 0.05) is 12.1 Å². The van der Waals surface area contributed by atoms with Gasteiger partial charge in [0.15, 0.2) is 0 Å². The summed E-state index contributed by atoms with van der Waals surface area (Å²) in [7, 11) is 0. The number of aliphatic hydroxyl groups excluding tert-OH is 4. The number of ether oxygens (including phenoxy) is 2. The van der Waals surface area contributed by atoms with E-state index in [4.69, 9.17) is 13.9 Å². The van der Waals surface area contributed by atoms with Crippen LogP contribution in [0.1, 0.15) is 11.1 Å². The van der Waals surface area contributed by atoms with Crippen LogP contribution in [-0.4, -0.2) is 62.8 Å². The van der Waals surface area contributed by atoms with Gasteiger partial charge >= 0.3 is 0 Å². The van der Waals surface area contributed by atoms with E-state index >= 15 is 0 Å². The fourth-order valence-corrected chi connectivity index (χ4v) is 3.57. The maximum Gasteiger partial charge on any atom is 0.229 e. The second-order valence-corrected chi connectivity index (χ2v) is 7.50. The zero-order valence-electron chi connectivity index (χ0n) is 16.3. The summed E-state index contributed by atoms with van der Waals surface area (Å²) < 4.78 is 16.8. The summed E-state index contributed by atoms with van der Waals surface area (Å²) in [6, 6.07) is 5.85. The van der Waals surface area contributed by atoms with Crippen LogP contribution in [0.2, 0.25) is 0 Å². The normalized spacial score (nSPS) is 26.9. The standard InChI is InChI=1S/C21H22O9/c1-8-3-11-12(4-9(8)2)28-13-5-10(23)6-14(16(13)17(11)24)29-21-20(27)19(26)18(25)15(7-22)30-21/h3-6,15,18-23,25-27H,7H2,1-2H3/t15-,18-,19+,20-,21+/m1/s1. The molecule has 30 heavy (non-hydrogen) atoms. The Labute approximate surface area is 170 Å². The zero-order valence-corrected chi connectivity index (χ0v) is 16.3. The summed E-state index contributed by atoms with van der Waals surface area (Å²) in [6.45, 7) is 3.12. The first-order valence-corrected chi connectivity index (χ1v) is 9.39. The Bertz CT molecular complexity index is 1170. The van der Waals surface area contributed by atoms with E-state index in [1.807, 2.05) is 13.8 Å². The predicted molar refractivity (Wildman–Crippen MR) is 106 cm³/mol. The molecule has 1 aliphatic rings. The quantitative estimate of drug-likeness (QED) is 0.382. The van der Waals surface area contributed by atoms with Crippen LogP contribution in [0.15, 0.2) is 33.5 Å². The third kappa shape index (κ3) is 3.30. The molecule has 9 heteroatoms. The number of aryl methyl sites for hydroxylation is 2. The molecule has 0 aliphatic carbocycles. The molecule has 5 N–H and O–H groups in total. The van der Waals surface area contributed by atoms with Crippen LogP contribution < -0.4 is 10.2 Å². The topological polar surface area (TPSA) is 150 Å². The van der Waals surface area contributed by atoms with E-state index in [9.17, 15) is 30.3 Å². The van der Waals surface area contributed by atoms with Crippen molar-refractivity contribution in [2.75, 3.05) is 6.61 Å². The van der Waals surface area contributed by atoms with Crippen molar-refractivity contribution in [1.82, 2.24) is 0 Å². The summed E-state index contributed by atoms with van der Waals surface area (Å²) >= 11 is 0. The molecule has 4 rings (SSSR count). The van der Waals surface area contributed by atoms with Gasteiger partial charge in [-0.05, 0) is 37.1 Å². The van der Waals surface area contributed by atoms with Crippen LogP contribution in [0.25, 0.3) is 21.9 Å². The Morgan fingerprint density at radius 1 is 0.967 bits per heavy atom. The lowest BCUT2D eigenvalue weighted by Gasteiger charge is -2.39. The molecular formula is C21H22O9. The van der Waals surface area contributed by atoms with Crippen LogP contribution in [0.3, 0.4) is 0 Å². The van der Waals surface area contributed by atoms with Gasteiger partial charge in [0.2, 0.25) is 11.7 Å². The van der Waals surface area contributed by atoms with E-state index in [0.717, 1.165) is 17.2 Å². The molecule has 1 aromatic heterocycles. The van der Waals surface area contributed by atoms with Gasteiger partial charge in [0.25, 0.3) is 0 Å². The molecule has 1 fully saturated rings. The third-order valence-corrected chi connectivity index (χ3v) is 5.43. The van der Waals surface area contributed by atoms with Gasteiger partial charge in [-0.2, -0.15) is 0 Å². The van der Waals surface area contributed by atoms with E-state index in [1.165, 1.54) is 6.07 Å². The van der Waals surface area contributed by atoms with Crippen molar-refractivity contribution in [3.05, 3.63) is 45.6 Å². The van der Waals surface area contributed by atoms with Crippen molar-refractivity contribution in [3.8, 4) is 11.5 Å². The third-order valence-electron chi connectivity index (χ3n) is 5.43. The first-order valence-electron chi connectivity index (χ1n) is 9.39. The van der Waals surface area contributed by atoms with E-state index in [1.54, 1.807) is 12.1 Å². The summed E-state index contributed by atoms with van der Waals surface area (Å²) in [4.78, 5) is 13.2. The molecule has 160 valence electrons. The van der Waals surface area contributed by atoms with Gasteiger partial charge < -0.3 is 39.4 Å². The second-order valence-electron chi connectivity index (χ2n) is 7.50. The average Bonchev–Trinajstić information content (AvgIpc) is 2.69. The maximum absolute atomic E-state index is 13.2. The van der Waals surface area contributed by atoms with E-state index < -0.39 is 42.7 Å². The number of hydrogen-bond acceptors (Lipinski definition) is 9. The fraction of sp³-hybridized carbons (Fsp3) is 0.381. The smallest absolute Gasteiger partial charge is 0.229 e. The minimum atomic E-state index is -1.67. The lowest BCUT2D eigenvalue weighted by atomic mass is 9.99. The number of rotatable bonds is 3. The lowest BCUT2D eigenvalue weighted by Crippen LogP contribution is -2.60. The number of benzene rings is 2. The second kappa shape index (κ2) is 7.53. The number of phenolic OH excluding ortho intramolecular Hbond substituents is 1. The fourth-order valence-electron chi connectivity index (χ4n) is 3.57.